The van der Waals surface area contributed by atoms with Crippen molar-refractivity contribution in [2.45, 2.75) is 18.0 Å². The number of carbonyl (C=O) groups excluding carboxylic acids is 2. The standard InChI is InChI=1S/C18H13F3INO4S/c1-11(24)12-2-4-13(5-3-12)16-15(22)10-23(28(26,27)18(19,20)21)17(16)8-6-14(25)7-9-17/h2-9H,10H2,1H3. The minimum atomic E-state index is -5.68. The SMILES string of the molecule is CC(=O)c1ccc(C2=C(I)CN(S(=O)(=O)C(F)(F)F)C23C=CC(=O)C=C3)cc1. The van der Waals surface area contributed by atoms with Crippen LogP contribution in [0.3, 0.4) is 0 Å². The Morgan fingerprint density at radius 1 is 1.14 bits per heavy atom. The van der Waals surface area contributed by atoms with Crippen LogP contribution in [0.25, 0.3) is 5.57 Å². The van der Waals surface area contributed by atoms with E-state index in [4.69, 9.17) is 0 Å². The maximum Gasteiger partial charge on any atom is 0.511 e. The van der Waals surface area contributed by atoms with Crippen molar-refractivity contribution < 1.29 is 31.2 Å². The van der Waals surface area contributed by atoms with E-state index in [-0.39, 0.29) is 5.78 Å². The van der Waals surface area contributed by atoms with Gasteiger partial charge in [0.1, 0.15) is 5.54 Å². The lowest BCUT2D eigenvalue weighted by Crippen LogP contribution is -2.51. The Hall–Kier alpha value is -1.79. The summed E-state index contributed by atoms with van der Waals surface area (Å²) >= 11 is 1.81. The number of nitrogens with zero attached hydrogens (tertiary/aromatic N) is 1. The summed E-state index contributed by atoms with van der Waals surface area (Å²) < 4.78 is 65.1. The molecule has 0 atom stereocenters. The third-order valence-corrected chi connectivity index (χ3v) is 7.01. The van der Waals surface area contributed by atoms with Crippen molar-refractivity contribution in [1.82, 2.24) is 4.31 Å². The normalized spacial score (nSPS) is 19.7. The van der Waals surface area contributed by atoms with Gasteiger partial charge in [-0.25, -0.2) is 8.42 Å². The number of halogens is 4. The number of benzene rings is 1. The van der Waals surface area contributed by atoms with Gasteiger partial charge in [0.05, 0.1) is 0 Å². The molecule has 1 aliphatic carbocycles. The molecular weight excluding hydrogens is 510 g/mol. The van der Waals surface area contributed by atoms with E-state index in [2.05, 4.69) is 0 Å². The van der Waals surface area contributed by atoms with Crippen LogP contribution in [-0.2, 0) is 14.8 Å². The van der Waals surface area contributed by atoms with E-state index >= 15 is 0 Å². The molecular formula is C18H13F3INO4S. The molecule has 10 heteroatoms. The first-order valence-corrected chi connectivity index (χ1v) is 10.4. The molecule has 0 saturated heterocycles. The number of carbonyl (C=O) groups is 2. The van der Waals surface area contributed by atoms with Gasteiger partial charge in [0.2, 0.25) is 0 Å². The smallest absolute Gasteiger partial charge is 0.295 e. The molecule has 0 fully saturated rings. The van der Waals surface area contributed by atoms with E-state index < -0.39 is 33.4 Å². The molecule has 1 heterocycles. The minimum absolute atomic E-state index is 0.180. The fourth-order valence-corrected chi connectivity index (χ4v) is 5.68. The van der Waals surface area contributed by atoms with Gasteiger partial charge >= 0.3 is 15.5 Å². The summed E-state index contributed by atoms with van der Waals surface area (Å²) in [5.74, 6) is -0.635. The zero-order valence-electron chi connectivity index (χ0n) is 14.3. The molecule has 1 aliphatic heterocycles. The summed E-state index contributed by atoms with van der Waals surface area (Å²) in [6.45, 7) is 0.889. The maximum absolute atomic E-state index is 13.3. The average molecular weight is 523 g/mol. The third kappa shape index (κ3) is 3.26. The zero-order valence-corrected chi connectivity index (χ0v) is 17.3. The van der Waals surface area contributed by atoms with Gasteiger partial charge in [0.25, 0.3) is 0 Å². The summed E-state index contributed by atoms with van der Waals surface area (Å²) in [7, 11) is -5.68. The number of sulfonamides is 1. The van der Waals surface area contributed by atoms with Crippen LogP contribution in [0.2, 0.25) is 0 Å². The van der Waals surface area contributed by atoms with E-state index in [1.54, 1.807) is 12.1 Å². The van der Waals surface area contributed by atoms with Gasteiger partial charge in [0, 0.05) is 15.7 Å². The number of hydrogen-bond donors (Lipinski definition) is 0. The average Bonchev–Trinajstić information content (AvgIpc) is 2.89. The van der Waals surface area contributed by atoms with Crippen LogP contribution in [0, 0.1) is 0 Å². The Morgan fingerprint density at radius 3 is 2.14 bits per heavy atom. The lowest BCUT2D eigenvalue weighted by molar-refractivity contribution is -0.110. The topological polar surface area (TPSA) is 71.5 Å². The van der Waals surface area contributed by atoms with Crippen molar-refractivity contribution in [3.8, 4) is 0 Å². The van der Waals surface area contributed by atoms with Crippen LogP contribution in [0.4, 0.5) is 13.2 Å². The Labute approximate surface area is 172 Å². The highest BCUT2D eigenvalue weighted by atomic mass is 127. The summed E-state index contributed by atoms with van der Waals surface area (Å²) in [6, 6.07) is 6.14. The second-order valence-electron chi connectivity index (χ2n) is 6.27. The summed E-state index contributed by atoms with van der Waals surface area (Å²) in [4.78, 5) is 23.1. The number of allylic oxidation sites excluding steroid dienone is 2. The molecule has 1 aromatic carbocycles. The lowest BCUT2D eigenvalue weighted by atomic mass is 9.83. The highest BCUT2D eigenvalue weighted by Gasteiger charge is 2.59. The highest BCUT2D eigenvalue weighted by Crippen LogP contribution is 2.50. The Morgan fingerprint density at radius 2 is 1.68 bits per heavy atom. The molecule has 0 saturated carbocycles. The fourth-order valence-electron chi connectivity index (χ4n) is 3.21. The summed E-state index contributed by atoms with van der Waals surface area (Å²) in [5, 5.41) is 0. The Balaban J connectivity index is 2.21. The van der Waals surface area contributed by atoms with Crippen molar-refractivity contribution in [1.29, 1.82) is 0 Å². The quantitative estimate of drug-likeness (QED) is 0.449. The molecule has 0 N–H and O–H groups in total. The molecule has 1 aromatic rings. The second kappa shape index (κ2) is 6.92. The number of Topliss-reactive ketones (excluding diaryl/α,β-unsaturated/α-hetero) is 1. The fraction of sp³-hybridized carbons (Fsp3) is 0.222. The van der Waals surface area contributed by atoms with Crippen molar-refractivity contribution >= 4 is 49.8 Å². The monoisotopic (exact) mass is 523 g/mol. The van der Waals surface area contributed by atoms with Crippen LogP contribution in [0.15, 0.2) is 52.1 Å². The number of ketones is 2. The highest BCUT2D eigenvalue weighted by molar-refractivity contribution is 14.1. The van der Waals surface area contributed by atoms with Crippen LogP contribution in [-0.4, -0.2) is 41.9 Å². The molecule has 3 rings (SSSR count). The molecule has 1 spiro atoms. The largest absolute Gasteiger partial charge is 0.511 e. The molecule has 2 aliphatic rings. The van der Waals surface area contributed by atoms with Crippen LogP contribution in [0.1, 0.15) is 22.8 Å². The van der Waals surface area contributed by atoms with E-state index in [0.29, 0.717) is 24.6 Å². The Bertz CT molecular complexity index is 1040. The van der Waals surface area contributed by atoms with E-state index in [1.807, 2.05) is 22.6 Å². The summed E-state index contributed by atoms with van der Waals surface area (Å²) in [5.41, 5.74) is -6.09. The molecule has 0 unspecified atom stereocenters. The molecule has 5 nitrogen and oxygen atoms in total. The van der Waals surface area contributed by atoms with Gasteiger partial charge in [-0.15, -0.1) is 0 Å². The van der Waals surface area contributed by atoms with Gasteiger partial charge in [-0.2, -0.15) is 17.5 Å². The predicted octanol–water partition coefficient (Wildman–Crippen LogP) is 3.63. The van der Waals surface area contributed by atoms with Crippen LogP contribution in [0.5, 0.6) is 0 Å². The predicted molar refractivity (Wildman–Crippen MR) is 105 cm³/mol. The zero-order chi connectivity index (χ0) is 20.9. The minimum Gasteiger partial charge on any atom is -0.295 e. The number of rotatable bonds is 3. The van der Waals surface area contributed by atoms with Gasteiger partial charge < -0.3 is 0 Å². The van der Waals surface area contributed by atoms with E-state index in [1.165, 1.54) is 31.2 Å². The van der Waals surface area contributed by atoms with Crippen molar-refractivity contribution in [3.63, 3.8) is 0 Å². The second-order valence-corrected chi connectivity index (χ2v) is 9.42. The van der Waals surface area contributed by atoms with Gasteiger partial charge in [-0.1, -0.05) is 36.4 Å². The van der Waals surface area contributed by atoms with Gasteiger partial charge in [-0.05, 0) is 52.8 Å². The summed E-state index contributed by atoms with van der Waals surface area (Å²) in [6.07, 6.45) is 4.44. The van der Waals surface area contributed by atoms with Gasteiger partial charge in [0.15, 0.2) is 11.6 Å². The van der Waals surface area contributed by atoms with E-state index in [9.17, 15) is 31.2 Å². The molecule has 148 valence electrons. The molecule has 0 bridgehead atoms. The molecule has 0 amide bonds. The van der Waals surface area contributed by atoms with Crippen molar-refractivity contribution in [2.75, 3.05) is 6.54 Å². The third-order valence-electron chi connectivity index (χ3n) is 4.53. The number of hydrogen-bond acceptors (Lipinski definition) is 4. The first-order chi connectivity index (χ1) is 12.9. The van der Waals surface area contributed by atoms with E-state index in [0.717, 1.165) is 12.2 Å². The Kier molecular flexibility index (Phi) is 5.17. The number of alkyl halides is 3. The molecule has 28 heavy (non-hydrogen) atoms. The van der Waals surface area contributed by atoms with Crippen LogP contribution >= 0.6 is 22.6 Å². The van der Waals surface area contributed by atoms with Crippen LogP contribution < -0.4 is 0 Å². The molecule has 0 radical (unpaired) electrons. The van der Waals surface area contributed by atoms with Crippen molar-refractivity contribution in [3.05, 3.63) is 63.3 Å². The first-order valence-electron chi connectivity index (χ1n) is 7.92. The van der Waals surface area contributed by atoms with Crippen molar-refractivity contribution in [2.24, 2.45) is 0 Å². The lowest BCUT2D eigenvalue weighted by Gasteiger charge is -2.36. The maximum atomic E-state index is 13.3. The first kappa shape index (κ1) is 20.9. The van der Waals surface area contributed by atoms with Gasteiger partial charge in [-0.3, -0.25) is 9.59 Å². The molecule has 0 aromatic heterocycles.